The highest BCUT2D eigenvalue weighted by molar-refractivity contribution is 5.76. The molecule has 1 rings (SSSR count). The molecule has 5 N–H and O–H groups in total. The van der Waals surface area contributed by atoms with Crippen LogP contribution in [0.25, 0.3) is 0 Å². The molecule has 14 heavy (non-hydrogen) atoms. The van der Waals surface area contributed by atoms with Gasteiger partial charge in [0.15, 0.2) is 0 Å². The molecule has 0 radical (unpaired) electrons. The monoisotopic (exact) mass is 196 g/mol. The minimum atomic E-state index is -1.09. The SMILES string of the molecule is COc1cc([C@H](N)C(=O)O)ccc1N. The van der Waals surface area contributed by atoms with E-state index in [1.165, 1.54) is 13.2 Å². The van der Waals surface area contributed by atoms with Gasteiger partial charge in [0, 0.05) is 0 Å². The van der Waals surface area contributed by atoms with E-state index in [4.69, 9.17) is 21.3 Å². The van der Waals surface area contributed by atoms with E-state index in [0.29, 0.717) is 17.0 Å². The van der Waals surface area contributed by atoms with Gasteiger partial charge in [-0.2, -0.15) is 0 Å². The van der Waals surface area contributed by atoms with Crippen LogP contribution in [0.5, 0.6) is 5.75 Å². The highest BCUT2D eigenvalue weighted by atomic mass is 16.5. The van der Waals surface area contributed by atoms with Crippen LogP contribution < -0.4 is 16.2 Å². The van der Waals surface area contributed by atoms with Gasteiger partial charge in [-0.1, -0.05) is 6.07 Å². The zero-order valence-corrected chi connectivity index (χ0v) is 7.73. The summed E-state index contributed by atoms with van der Waals surface area (Å²) < 4.78 is 4.94. The van der Waals surface area contributed by atoms with E-state index in [9.17, 15) is 4.79 Å². The van der Waals surface area contributed by atoms with Crippen LogP contribution in [0.1, 0.15) is 11.6 Å². The molecule has 5 nitrogen and oxygen atoms in total. The second-order valence-electron chi connectivity index (χ2n) is 2.82. The van der Waals surface area contributed by atoms with E-state index in [1.54, 1.807) is 12.1 Å². The molecule has 0 saturated carbocycles. The molecule has 0 aliphatic carbocycles. The van der Waals surface area contributed by atoms with Crippen molar-refractivity contribution in [2.45, 2.75) is 6.04 Å². The highest BCUT2D eigenvalue weighted by Gasteiger charge is 2.15. The topological polar surface area (TPSA) is 98.6 Å². The van der Waals surface area contributed by atoms with Crippen LogP contribution in [-0.4, -0.2) is 18.2 Å². The van der Waals surface area contributed by atoms with Crippen LogP contribution in [0.15, 0.2) is 18.2 Å². The van der Waals surface area contributed by atoms with Gasteiger partial charge in [0.1, 0.15) is 11.8 Å². The third kappa shape index (κ3) is 1.94. The minimum absolute atomic E-state index is 0.430. The van der Waals surface area contributed by atoms with E-state index in [2.05, 4.69) is 0 Å². The first-order valence-electron chi connectivity index (χ1n) is 3.98. The normalized spacial score (nSPS) is 12.1. The van der Waals surface area contributed by atoms with Gasteiger partial charge in [0.05, 0.1) is 12.8 Å². The van der Waals surface area contributed by atoms with Crippen molar-refractivity contribution < 1.29 is 14.6 Å². The fraction of sp³-hybridized carbons (Fsp3) is 0.222. The van der Waals surface area contributed by atoms with Gasteiger partial charge < -0.3 is 21.3 Å². The van der Waals surface area contributed by atoms with Crippen molar-refractivity contribution in [2.75, 3.05) is 12.8 Å². The first-order valence-corrected chi connectivity index (χ1v) is 3.98. The average Bonchev–Trinajstić information content (AvgIpc) is 2.17. The van der Waals surface area contributed by atoms with Gasteiger partial charge in [-0.05, 0) is 17.7 Å². The predicted octanol–water partition coefficient (Wildman–Crippen LogP) is 0.362. The molecule has 1 aromatic rings. The molecule has 0 unspecified atom stereocenters. The lowest BCUT2D eigenvalue weighted by molar-refractivity contribution is -0.138. The fourth-order valence-corrected chi connectivity index (χ4v) is 1.06. The highest BCUT2D eigenvalue weighted by Crippen LogP contribution is 2.24. The molecule has 5 heteroatoms. The first-order chi connectivity index (χ1) is 6.56. The number of ether oxygens (including phenoxy) is 1. The summed E-state index contributed by atoms with van der Waals surface area (Å²) in [6, 6.07) is 3.60. The summed E-state index contributed by atoms with van der Waals surface area (Å²) >= 11 is 0. The molecule has 0 fully saturated rings. The molecule has 0 amide bonds. The zero-order chi connectivity index (χ0) is 10.7. The summed E-state index contributed by atoms with van der Waals surface area (Å²) in [7, 11) is 1.46. The summed E-state index contributed by atoms with van der Waals surface area (Å²) in [5, 5.41) is 8.67. The van der Waals surface area contributed by atoms with Crippen LogP contribution in [0.4, 0.5) is 5.69 Å². The van der Waals surface area contributed by atoms with Crippen molar-refractivity contribution >= 4 is 11.7 Å². The van der Waals surface area contributed by atoms with Crippen LogP contribution in [-0.2, 0) is 4.79 Å². The molecule has 0 heterocycles. The van der Waals surface area contributed by atoms with Gasteiger partial charge >= 0.3 is 5.97 Å². The fourth-order valence-electron chi connectivity index (χ4n) is 1.06. The first kappa shape index (κ1) is 10.3. The largest absolute Gasteiger partial charge is 0.495 e. The number of benzene rings is 1. The second kappa shape index (κ2) is 3.97. The summed E-state index contributed by atoms with van der Waals surface area (Å²) in [6.45, 7) is 0. The lowest BCUT2D eigenvalue weighted by Gasteiger charge is -2.10. The second-order valence-corrected chi connectivity index (χ2v) is 2.82. The predicted molar refractivity (Wildman–Crippen MR) is 52.0 cm³/mol. The Morgan fingerprint density at radius 2 is 2.21 bits per heavy atom. The third-order valence-corrected chi connectivity index (χ3v) is 1.88. The number of nitrogen functional groups attached to an aromatic ring is 1. The molecule has 0 aliphatic rings. The Morgan fingerprint density at radius 1 is 1.57 bits per heavy atom. The van der Waals surface area contributed by atoms with Gasteiger partial charge in [-0.3, -0.25) is 4.79 Å². The maximum atomic E-state index is 10.6. The Kier molecular flexibility index (Phi) is 2.93. The number of hydrogen-bond acceptors (Lipinski definition) is 4. The number of carboxylic acids is 1. The van der Waals surface area contributed by atoms with E-state index < -0.39 is 12.0 Å². The minimum Gasteiger partial charge on any atom is -0.495 e. The quantitative estimate of drug-likeness (QED) is 0.606. The van der Waals surface area contributed by atoms with E-state index in [-0.39, 0.29) is 0 Å². The summed E-state index contributed by atoms with van der Waals surface area (Å²) in [6.07, 6.45) is 0. The Labute approximate surface area is 81.3 Å². The van der Waals surface area contributed by atoms with Crippen LogP contribution in [0.2, 0.25) is 0 Å². The number of methoxy groups -OCH3 is 1. The molecule has 0 bridgehead atoms. The van der Waals surface area contributed by atoms with Crippen molar-refractivity contribution in [3.63, 3.8) is 0 Å². The molecule has 0 saturated heterocycles. The third-order valence-electron chi connectivity index (χ3n) is 1.88. The maximum Gasteiger partial charge on any atom is 0.325 e. The van der Waals surface area contributed by atoms with E-state index in [1.807, 2.05) is 0 Å². The number of anilines is 1. The molecular weight excluding hydrogens is 184 g/mol. The summed E-state index contributed by atoms with van der Waals surface area (Å²) in [4.78, 5) is 10.6. The van der Waals surface area contributed by atoms with Crippen LogP contribution in [0, 0.1) is 0 Å². The van der Waals surface area contributed by atoms with Crippen molar-refractivity contribution in [3.05, 3.63) is 23.8 Å². The van der Waals surface area contributed by atoms with Crippen molar-refractivity contribution in [1.82, 2.24) is 0 Å². The number of nitrogens with two attached hydrogens (primary N) is 2. The lowest BCUT2D eigenvalue weighted by atomic mass is 10.1. The average molecular weight is 196 g/mol. The van der Waals surface area contributed by atoms with Crippen molar-refractivity contribution in [1.29, 1.82) is 0 Å². The number of carbonyl (C=O) groups is 1. The number of hydrogen-bond donors (Lipinski definition) is 3. The smallest absolute Gasteiger partial charge is 0.325 e. The number of rotatable bonds is 3. The molecule has 76 valence electrons. The maximum absolute atomic E-state index is 10.6. The Morgan fingerprint density at radius 3 is 2.71 bits per heavy atom. The van der Waals surface area contributed by atoms with E-state index >= 15 is 0 Å². The van der Waals surface area contributed by atoms with Crippen LogP contribution in [0.3, 0.4) is 0 Å². The van der Waals surface area contributed by atoms with Gasteiger partial charge in [0.2, 0.25) is 0 Å². The molecule has 0 aromatic heterocycles. The van der Waals surface area contributed by atoms with Gasteiger partial charge in [-0.15, -0.1) is 0 Å². The molecule has 1 aromatic carbocycles. The van der Waals surface area contributed by atoms with Gasteiger partial charge in [0.25, 0.3) is 0 Å². The van der Waals surface area contributed by atoms with Crippen LogP contribution >= 0.6 is 0 Å². The Bertz CT molecular complexity index is 352. The van der Waals surface area contributed by atoms with Gasteiger partial charge in [-0.25, -0.2) is 0 Å². The van der Waals surface area contributed by atoms with Crippen molar-refractivity contribution in [3.8, 4) is 5.75 Å². The molecular formula is C9H12N2O3. The number of aliphatic carboxylic acids is 1. The zero-order valence-electron chi connectivity index (χ0n) is 7.73. The molecule has 1 atom stereocenters. The standard InChI is InChI=1S/C9H12N2O3/c1-14-7-4-5(2-3-6(7)10)8(11)9(12)13/h2-4,8H,10-11H2,1H3,(H,12,13)/t8-/m0/s1. The molecule has 0 aliphatic heterocycles. The Balaban J connectivity index is 3.06. The summed E-state index contributed by atoms with van der Waals surface area (Å²) in [5.74, 6) is -0.656. The molecule has 0 spiro atoms. The lowest BCUT2D eigenvalue weighted by Crippen LogP contribution is -2.20. The van der Waals surface area contributed by atoms with E-state index in [0.717, 1.165) is 0 Å². The Hall–Kier alpha value is -1.75. The van der Waals surface area contributed by atoms with Crippen molar-refractivity contribution in [2.24, 2.45) is 5.73 Å². The number of carboxylic acid groups (broad SMARTS) is 1. The summed E-state index contributed by atoms with van der Waals surface area (Å²) in [5.41, 5.74) is 11.9.